The summed E-state index contributed by atoms with van der Waals surface area (Å²) >= 11 is 12.2. The van der Waals surface area contributed by atoms with Gasteiger partial charge in [0.1, 0.15) is 0 Å². The highest BCUT2D eigenvalue weighted by molar-refractivity contribution is 6.35. The van der Waals surface area contributed by atoms with Crippen LogP contribution in [0.4, 0.5) is 0 Å². The second-order valence-electron chi connectivity index (χ2n) is 4.40. The predicted molar refractivity (Wildman–Crippen MR) is 78.5 cm³/mol. The number of aromatic nitrogens is 1. The number of rotatable bonds is 1. The topological polar surface area (TPSA) is 15.8 Å². The van der Waals surface area contributed by atoms with Gasteiger partial charge in [0, 0.05) is 32.2 Å². The zero-order valence-electron chi connectivity index (χ0n) is 9.80. The fraction of sp³-hybridized carbons (Fsp3) is 0.0667. The second kappa shape index (κ2) is 4.34. The normalized spacial score (nSPS) is 11.1. The first kappa shape index (κ1) is 11.6. The quantitative estimate of drug-likeness (QED) is 0.608. The van der Waals surface area contributed by atoms with Crippen molar-refractivity contribution in [3.63, 3.8) is 0 Å². The number of aromatic amines is 1. The molecule has 0 saturated heterocycles. The molecular formula is C15H11Cl2N. The van der Waals surface area contributed by atoms with E-state index in [9.17, 15) is 0 Å². The van der Waals surface area contributed by atoms with Crippen LogP contribution in [-0.2, 0) is 0 Å². The molecular weight excluding hydrogens is 265 g/mol. The number of H-pyrrole nitrogens is 1. The van der Waals surface area contributed by atoms with Crippen molar-refractivity contribution in [2.24, 2.45) is 0 Å². The summed E-state index contributed by atoms with van der Waals surface area (Å²) in [6.07, 6.45) is 0. The Morgan fingerprint density at radius 3 is 2.61 bits per heavy atom. The first-order valence-corrected chi connectivity index (χ1v) is 6.44. The van der Waals surface area contributed by atoms with Gasteiger partial charge in [-0.2, -0.15) is 0 Å². The van der Waals surface area contributed by atoms with E-state index in [4.69, 9.17) is 23.2 Å². The highest BCUT2D eigenvalue weighted by atomic mass is 35.5. The summed E-state index contributed by atoms with van der Waals surface area (Å²) < 4.78 is 0. The van der Waals surface area contributed by atoms with Crippen LogP contribution < -0.4 is 0 Å². The molecule has 18 heavy (non-hydrogen) atoms. The van der Waals surface area contributed by atoms with Gasteiger partial charge in [-0.3, -0.25) is 0 Å². The summed E-state index contributed by atoms with van der Waals surface area (Å²) in [6, 6.07) is 13.9. The maximum Gasteiger partial charge on any atom is 0.0500 e. The number of fused-ring (bicyclic) bond motifs is 1. The number of benzene rings is 2. The number of hydrogen-bond donors (Lipinski definition) is 1. The Bertz CT molecular complexity index is 728. The smallest absolute Gasteiger partial charge is 0.0500 e. The van der Waals surface area contributed by atoms with Crippen LogP contribution in [0.1, 0.15) is 5.56 Å². The molecule has 0 aliphatic carbocycles. The maximum absolute atomic E-state index is 6.21. The Labute approximate surface area is 115 Å². The van der Waals surface area contributed by atoms with Crippen molar-refractivity contribution in [1.29, 1.82) is 0 Å². The van der Waals surface area contributed by atoms with Gasteiger partial charge in [-0.1, -0.05) is 34.8 Å². The molecule has 0 bridgehead atoms. The fourth-order valence-electron chi connectivity index (χ4n) is 2.10. The largest absolute Gasteiger partial charge is 0.354 e. The lowest BCUT2D eigenvalue weighted by molar-refractivity contribution is 1.44. The van der Waals surface area contributed by atoms with Crippen LogP contribution >= 0.6 is 23.2 Å². The van der Waals surface area contributed by atoms with Crippen molar-refractivity contribution >= 4 is 34.1 Å². The molecule has 1 aromatic heterocycles. The third-order valence-electron chi connectivity index (χ3n) is 2.99. The summed E-state index contributed by atoms with van der Waals surface area (Å²) in [6.45, 7) is 2.08. The van der Waals surface area contributed by atoms with E-state index in [2.05, 4.69) is 36.2 Å². The SMILES string of the molecule is Cc1ccc2[nH]c(-c3cc(Cl)ccc3Cl)cc2c1. The number of hydrogen-bond acceptors (Lipinski definition) is 0. The van der Waals surface area contributed by atoms with Crippen molar-refractivity contribution < 1.29 is 0 Å². The summed E-state index contributed by atoms with van der Waals surface area (Å²) in [5, 5.41) is 2.56. The van der Waals surface area contributed by atoms with E-state index in [1.807, 2.05) is 12.1 Å². The number of halogens is 2. The van der Waals surface area contributed by atoms with Crippen LogP contribution in [0.5, 0.6) is 0 Å². The fourth-order valence-corrected chi connectivity index (χ4v) is 2.49. The third-order valence-corrected chi connectivity index (χ3v) is 3.56. The van der Waals surface area contributed by atoms with E-state index in [-0.39, 0.29) is 0 Å². The Hall–Kier alpha value is -1.44. The Morgan fingerprint density at radius 2 is 1.78 bits per heavy atom. The first-order chi connectivity index (χ1) is 8.63. The standard InChI is InChI=1S/C15H11Cl2N/c1-9-2-5-14-10(6-9)7-15(18-14)12-8-11(16)3-4-13(12)17/h2-8,18H,1H3. The van der Waals surface area contributed by atoms with Crippen molar-refractivity contribution in [3.8, 4) is 11.3 Å². The van der Waals surface area contributed by atoms with E-state index in [1.54, 1.807) is 6.07 Å². The average Bonchev–Trinajstić information content (AvgIpc) is 2.74. The third kappa shape index (κ3) is 2.00. The molecule has 3 rings (SSSR count). The molecule has 1 N–H and O–H groups in total. The Morgan fingerprint density at radius 1 is 0.944 bits per heavy atom. The highest BCUT2D eigenvalue weighted by Crippen LogP contribution is 2.32. The van der Waals surface area contributed by atoms with Crippen LogP contribution in [0.15, 0.2) is 42.5 Å². The van der Waals surface area contributed by atoms with Gasteiger partial charge in [-0.25, -0.2) is 0 Å². The molecule has 0 radical (unpaired) electrons. The van der Waals surface area contributed by atoms with Crippen molar-refractivity contribution in [3.05, 3.63) is 58.1 Å². The molecule has 0 fully saturated rings. The summed E-state index contributed by atoms with van der Waals surface area (Å²) in [5.41, 5.74) is 4.26. The van der Waals surface area contributed by atoms with Gasteiger partial charge in [-0.15, -0.1) is 0 Å². The minimum Gasteiger partial charge on any atom is -0.354 e. The van der Waals surface area contributed by atoms with E-state index in [0.29, 0.717) is 10.0 Å². The molecule has 3 aromatic rings. The van der Waals surface area contributed by atoms with E-state index in [1.165, 1.54) is 10.9 Å². The summed E-state index contributed by atoms with van der Waals surface area (Å²) in [7, 11) is 0. The van der Waals surface area contributed by atoms with Gasteiger partial charge >= 0.3 is 0 Å². The number of nitrogens with one attached hydrogen (secondary N) is 1. The first-order valence-electron chi connectivity index (χ1n) is 5.68. The monoisotopic (exact) mass is 275 g/mol. The summed E-state index contributed by atoms with van der Waals surface area (Å²) in [5.74, 6) is 0. The van der Waals surface area contributed by atoms with E-state index in [0.717, 1.165) is 16.8 Å². The van der Waals surface area contributed by atoms with Gasteiger partial charge in [0.05, 0.1) is 0 Å². The molecule has 0 aliphatic heterocycles. The van der Waals surface area contributed by atoms with E-state index < -0.39 is 0 Å². The maximum atomic E-state index is 6.21. The van der Waals surface area contributed by atoms with Crippen LogP contribution in [-0.4, -0.2) is 4.98 Å². The molecule has 1 heterocycles. The van der Waals surface area contributed by atoms with Crippen LogP contribution in [0.25, 0.3) is 22.2 Å². The molecule has 0 atom stereocenters. The predicted octanol–water partition coefficient (Wildman–Crippen LogP) is 5.45. The second-order valence-corrected chi connectivity index (χ2v) is 5.24. The lowest BCUT2D eigenvalue weighted by atomic mass is 10.1. The minimum absolute atomic E-state index is 0.684. The minimum atomic E-state index is 0.684. The van der Waals surface area contributed by atoms with E-state index >= 15 is 0 Å². The zero-order valence-corrected chi connectivity index (χ0v) is 11.3. The summed E-state index contributed by atoms with van der Waals surface area (Å²) in [4.78, 5) is 3.36. The van der Waals surface area contributed by atoms with Crippen LogP contribution in [0.3, 0.4) is 0 Å². The van der Waals surface area contributed by atoms with Gasteiger partial charge < -0.3 is 4.98 Å². The van der Waals surface area contributed by atoms with Crippen molar-refractivity contribution in [2.45, 2.75) is 6.92 Å². The molecule has 2 aromatic carbocycles. The molecule has 0 unspecified atom stereocenters. The molecule has 1 nitrogen and oxygen atoms in total. The van der Waals surface area contributed by atoms with Gasteiger partial charge in [0.15, 0.2) is 0 Å². The Balaban J connectivity index is 2.22. The molecule has 3 heteroatoms. The lowest BCUT2D eigenvalue weighted by Gasteiger charge is -2.01. The molecule has 0 aliphatic rings. The van der Waals surface area contributed by atoms with Crippen LogP contribution in [0.2, 0.25) is 10.0 Å². The zero-order chi connectivity index (χ0) is 12.7. The Kier molecular flexibility index (Phi) is 2.81. The van der Waals surface area contributed by atoms with Gasteiger partial charge in [0.25, 0.3) is 0 Å². The average molecular weight is 276 g/mol. The lowest BCUT2D eigenvalue weighted by Crippen LogP contribution is -1.79. The van der Waals surface area contributed by atoms with Crippen molar-refractivity contribution in [1.82, 2.24) is 4.98 Å². The van der Waals surface area contributed by atoms with Gasteiger partial charge in [-0.05, 0) is 43.3 Å². The van der Waals surface area contributed by atoms with Crippen molar-refractivity contribution in [2.75, 3.05) is 0 Å². The number of aryl methyl sites for hydroxylation is 1. The highest BCUT2D eigenvalue weighted by Gasteiger charge is 2.08. The molecule has 0 spiro atoms. The molecule has 0 amide bonds. The molecule has 0 saturated carbocycles. The van der Waals surface area contributed by atoms with Crippen LogP contribution in [0, 0.1) is 6.92 Å². The molecule has 90 valence electrons. The van der Waals surface area contributed by atoms with Gasteiger partial charge in [0.2, 0.25) is 0 Å².